The minimum Gasteiger partial charge on any atom is -0.493 e. The molecular weight excluding hydrogens is 257 g/mol. The average molecular weight is 273 g/mol. The molecule has 0 aliphatic carbocycles. The number of nitrogens with zero attached hydrogens (tertiary/aromatic N) is 1. The van der Waals surface area contributed by atoms with Crippen LogP contribution in [0.5, 0.6) is 5.75 Å². The summed E-state index contributed by atoms with van der Waals surface area (Å²) in [6, 6.07) is 7.06. The molecule has 1 aliphatic rings. The highest BCUT2D eigenvalue weighted by atomic mass is 19.1. The van der Waals surface area contributed by atoms with E-state index in [-0.39, 0.29) is 11.9 Å². The van der Waals surface area contributed by atoms with Crippen LogP contribution in [0.15, 0.2) is 36.7 Å². The minimum atomic E-state index is -0.381. The molecule has 2 heterocycles. The summed E-state index contributed by atoms with van der Waals surface area (Å²) in [5.41, 5.74) is 5.48. The molecule has 3 rings (SSSR count). The fourth-order valence-electron chi connectivity index (χ4n) is 2.59. The molecule has 2 aromatic rings. The number of halogens is 1. The van der Waals surface area contributed by atoms with E-state index in [2.05, 4.69) is 16.5 Å². The van der Waals surface area contributed by atoms with Crippen LogP contribution in [0.4, 0.5) is 4.39 Å². The predicted octanol–water partition coefficient (Wildman–Crippen LogP) is 2.10. The van der Waals surface area contributed by atoms with Crippen molar-refractivity contribution in [3.05, 3.63) is 59.2 Å². The zero-order valence-electron chi connectivity index (χ0n) is 11.0. The fourth-order valence-corrected chi connectivity index (χ4v) is 2.59. The monoisotopic (exact) mass is 273 g/mol. The van der Waals surface area contributed by atoms with Gasteiger partial charge in [0.05, 0.1) is 18.8 Å². The molecular formula is C15H16FN3O. The predicted molar refractivity (Wildman–Crippen MR) is 73.6 cm³/mol. The maximum atomic E-state index is 13.4. The summed E-state index contributed by atoms with van der Waals surface area (Å²) in [6.07, 6.45) is 4.78. The first kappa shape index (κ1) is 13.0. The highest BCUT2D eigenvalue weighted by Crippen LogP contribution is 2.35. The van der Waals surface area contributed by atoms with Crippen LogP contribution in [-0.2, 0) is 6.42 Å². The van der Waals surface area contributed by atoms with Crippen molar-refractivity contribution in [2.24, 2.45) is 5.84 Å². The number of aromatic nitrogens is 1. The Morgan fingerprint density at radius 3 is 3.05 bits per heavy atom. The molecule has 1 aromatic heterocycles. The normalized spacial score (nSPS) is 15.3. The largest absolute Gasteiger partial charge is 0.493 e. The van der Waals surface area contributed by atoms with Gasteiger partial charge in [0.25, 0.3) is 0 Å². The van der Waals surface area contributed by atoms with Crippen molar-refractivity contribution in [1.82, 2.24) is 10.4 Å². The zero-order chi connectivity index (χ0) is 13.9. The maximum absolute atomic E-state index is 13.4. The van der Waals surface area contributed by atoms with E-state index in [1.165, 1.54) is 17.8 Å². The first-order valence-electron chi connectivity index (χ1n) is 6.61. The van der Waals surface area contributed by atoms with Crippen molar-refractivity contribution in [1.29, 1.82) is 0 Å². The summed E-state index contributed by atoms with van der Waals surface area (Å²) >= 11 is 0. The van der Waals surface area contributed by atoms with Crippen molar-refractivity contribution in [2.45, 2.75) is 18.9 Å². The third-order valence-electron chi connectivity index (χ3n) is 3.50. The van der Waals surface area contributed by atoms with Crippen molar-refractivity contribution in [3.8, 4) is 5.75 Å². The number of ether oxygens (including phenoxy) is 1. The molecule has 1 unspecified atom stereocenters. The van der Waals surface area contributed by atoms with Gasteiger partial charge in [-0.3, -0.25) is 10.8 Å². The van der Waals surface area contributed by atoms with Crippen LogP contribution in [0.2, 0.25) is 0 Å². The summed E-state index contributed by atoms with van der Waals surface area (Å²) in [5, 5.41) is 0. The third kappa shape index (κ3) is 2.37. The number of hydrazine groups is 1. The smallest absolute Gasteiger partial charge is 0.141 e. The summed E-state index contributed by atoms with van der Waals surface area (Å²) < 4.78 is 19.1. The standard InChI is InChI=1S/C15H16FN3O/c16-12-7-11(8-18-9-12)14(19-17)13-5-1-3-10-4-2-6-20-15(10)13/h1,3,5,7-9,14,19H,2,4,6,17H2. The quantitative estimate of drug-likeness (QED) is 0.664. The number of aryl methyl sites for hydroxylation is 1. The lowest BCUT2D eigenvalue weighted by molar-refractivity contribution is 0.283. The van der Waals surface area contributed by atoms with E-state index in [1.54, 1.807) is 6.20 Å². The number of hydrogen-bond acceptors (Lipinski definition) is 4. The summed E-state index contributed by atoms with van der Waals surface area (Å²) in [7, 11) is 0. The van der Waals surface area contributed by atoms with Gasteiger partial charge in [-0.1, -0.05) is 18.2 Å². The van der Waals surface area contributed by atoms with Gasteiger partial charge in [0.15, 0.2) is 0 Å². The molecule has 0 spiro atoms. The van der Waals surface area contributed by atoms with E-state index in [0.717, 1.165) is 24.2 Å². The molecule has 0 fully saturated rings. The number of nitrogens with two attached hydrogens (primary N) is 1. The molecule has 0 amide bonds. The van der Waals surface area contributed by atoms with Gasteiger partial charge in [-0.2, -0.15) is 0 Å². The summed E-state index contributed by atoms with van der Waals surface area (Å²) in [4.78, 5) is 3.88. The molecule has 0 saturated carbocycles. The number of nitrogens with one attached hydrogen (secondary N) is 1. The van der Waals surface area contributed by atoms with Gasteiger partial charge in [0, 0.05) is 11.8 Å². The zero-order valence-corrected chi connectivity index (χ0v) is 11.0. The second-order valence-corrected chi connectivity index (χ2v) is 4.82. The molecule has 1 atom stereocenters. The van der Waals surface area contributed by atoms with E-state index in [9.17, 15) is 4.39 Å². The fraction of sp³-hybridized carbons (Fsp3) is 0.267. The first-order valence-corrected chi connectivity index (χ1v) is 6.61. The number of hydrogen-bond donors (Lipinski definition) is 2. The Labute approximate surface area is 116 Å². The maximum Gasteiger partial charge on any atom is 0.141 e. The van der Waals surface area contributed by atoms with E-state index in [1.807, 2.05) is 12.1 Å². The van der Waals surface area contributed by atoms with Crippen molar-refractivity contribution < 1.29 is 9.13 Å². The summed E-state index contributed by atoms with van der Waals surface area (Å²) in [5.74, 6) is 6.14. The molecule has 0 radical (unpaired) electrons. The second-order valence-electron chi connectivity index (χ2n) is 4.82. The van der Waals surface area contributed by atoms with Gasteiger partial charge in [-0.15, -0.1) is 0 Å². The molecule has 104 valence electrons. The van der Waals surface area contributed by atoms with Crippen molar-refractivity contribution >= 4 is 0 Å². The van der Waals surface area contributed by atoms with Gasteiger partial charge in [-0.05, 0) is 30.0 Å². The molecule has 1 aromatic carbocycles. The Kier molecular flexibility index (Phi) is 3.62. The van der Waals surface area contributed by atoms with Crippen LogP contribution in [0.1, 0.15) is 29.2 Å². The lowest BCUT2D eigenvalue weighted by Gasteiger charge is -2.25. The molecule has 4 nitrogen and oxygen atoms in total. The highest BCUT2D eigenvalue weighted by molar-refractivity contribution is 5.47. The lowest BCUT2D eigenvalue weighted by Crippen LogP contribution is -2.30. The molecule has 1 aliphatic heterocycles. The molecule has 0 bridgehead atoms. The molecule has 0 saturated heterocycles. The van der Waals surface area contributed by atoms with Gasteiger partial charge < -0.3 is 4.74 Å². The minimum absolute atomic E-state index is 0.341. The lowest BCUT2D eigenvalue weighted by atomic mass is 9.95. The van der Waals surface area contributed by atoms with Gasteiger partial charge >= 0.3 is 0 Å². The van der Waals surface area contributed by atoms with Crippen LogP contribution in [-0.4, -0.2) is 11.6 Å². The van der Waals surface area contributed by atoms with Crippen LogP contribution in [0.3, 0.4) is 0 Å². The Bertz CT molecular complexity index is 618. The SMILES string of the molecule is NNC(c1cncc(F)c1)c1cccc2c1OCCC2. The number of fused-ring (bicyclic) bond motifs is 1. The number of benzene rings is 1. The van der Waals surface area contributed by atoms with E-state index in [4.69, 9.17) is 10.6 Å². The van der Waals surface area contributed by atoms with Gasteiger partial charge in [0.1, 0.15) is 11.6 Å². The van der Waals surface area contributed by atoms with E-state index < -0.39 is 0 Å². The highest BCUT2D eigenvalue weighted by Gasteiger charge is 2.22. The number of rotatable bonds is 3. The first-order chi connectivity index (χ1) is 9.79. The number of pyridine rings is 1. The van der Waals surface area contributed by atoms with Crippen LogP contribution in [0, 0.1) is 5.82 Å². The summed E-state index contributed by atoms with van der Waals surface area (Å²) in [6.45, 7) is 0.697. The average Bonchev–Trinajstić information content (AvgIpc) is 2.48. The second kappa shape index (κ2) is 5.56. The van der Waals surface area contributed by atoms with Crippen LogP contribution >= 0.6 is 0 Å². The van der Waals surface area contributed by atoms with Crippen LogP contribution in [0.25, 0.3) is 0 Å². The Morgan fingerprint density at radius 1 is 1.35 bits per heavy atom. The Hall–Kier alpha value is -1.98. The molecule has 3 N–H and O–H groups in total. The van der Waals surface area contributed by atoms with E-state index >= 15 is 0 Å². The topological polar surface area (TPSA) is 60.2 Å². The number of para-hydroxylation sites is 1. The van der Waals surface area contributed by atoms with Gasteiger partial charge in [0.2, 0.25) is 0 Å². The third-order valence-corrected chi connectivity index (χ3v) is 3.50. The van der Waals surface area contributed by atoms with Crippen molar-refractivity contribution in [3.63, 3.8) is 0 Å². The molecule has 20 heavy (non-hydrogen) atoms. The van der Waals surface area contributed by atoms with E-state index in [0.29, 0.717) is 12.2 Å². The van der Waals surface area contributed by atoms with Gasteiger partial charge in [-0.25, -0.2) is 9.82 Å². The van der Waals surface area contributed by atoms with Crippen LogP contribution < -0.4 is 16.0 Å². The van der Waals surface area contributed by atoms with Crippen molar-refractivity contribution in [2.75, 3.05) is 6.61 Å². The Balaban J connectivity index is 2.06. The Morgan fingerprint density at radius 2 is 2.25 bits per heavy atom. The molecule has 5 heteroatoms.